The molecule has 0 radical (unpaired) electrons. The minimum atomic E-state index is 0.242. The summed E-state index contributed by atoms with van der Waals surface area (Å²) in [5.74, 6) is 1.45. The van der Waals surface area contributed by atoms with Gasteiger partial charge in [0.1, 0.15) is 0 Å². The third kappa shape index (κ3) is 5.56. The monoisotopic (exact) mass is 346 g/mol. The number of rotatable bonds is 7. The number of hydrogen-bond acceptors (Lipinski definition) is 3. The molecule has 25 heavy (non-hydrogen) atoms. The van der Waals surface area contributed by atoms with Crippen molar-refractivity contribution in [3.05, 3.63) is 18.5 Å². The largest absolute Gasteiger partial charge is 0.342 e. The number of hydrogen-bond donors (Lipinski definition) is 0. The van der Waals surface area contributed by atoms with Crippen molar-refractivity contribution < 1.29 is 4.79 Å². The lowest BCUT2D eigenvalue weighted by molar-refractivity contribution is -0.138. The first-order chi connectivity index (χ1) is 12.2. The highest BCUT2D eigenvalue weighted by Crippen LogP contribution is 2.23. The minimum Gasteiger partial charge on any atom is -0.342 e. The summed E-state index contributed by atoms with van der Waals surface area (Å²) >= 11 is 0. The summed E-state index contributed by atoms with van der Waals surface area (Å²) in [6.45, 7) is 8.55. The predicted molar refractivity (Wildman–Crippen MR) is 100 cm³/mol. The second kappa shape index (κ2) is 9.37. The maximum absolute atomic E-state index is 12.8. The molecule has 5 heteroatoms. The first kappa shape index (κ1) is 18.4. The van der Waals surface area contributed by atoms with E-state index in [0.29, 0.717) is 5.91 Å². The Kier molecular flexibility index (Phi) is 6.91. The number of carbonyl (C=O) groups is 1. The molecule has 0 bridgehead atoms. The van der Waals surface area contributed by atoms with E-state index in [0.717, 1.165) is 45.1 Å². The molecule has 1 amide bonds. The van der Waals surface area contributed by atoms with Crippen LogP contribution in [0.5, 0.6) is 0 Å². The van der Waals surface area contributed by atoms with Crippen LogP contribution in [-0.4, -0.2) is 58.2 Å². The van der Waals surface area contributed by atoms with Crippen molar-refractivity contribution in [3.8, 4) is 0 Å². The second-order valence-corrected chi connectivity index (χ2v) is 7.98. The number of amides is 1. The van der Waals surface area contributed by atoms with Crippen LogP contribution in [0.4, 0.5) is 0 Å². The highest BCUT2D eigenvalue weighted by atomic mass is 16.2. The van der Waals surface area contributed by atoms with Gasteiger partial charge in [0.2, 0.25) is 5.91 Å². The zero-order valence-corrected chi connectivity index (χ0v) is 15.8. The van der Waals surface area contributed by atoms with E-state index in [2.05, 4.69) is 21.8 Å². The van der Waals surface area contributed by atoms with Gasteiger partial charge in [-0.25, -0.2) is 0 Å². The molecule has 5 nitrogen and oxygen atoms in total. The molecular weight excluding hydrogens is 312 g/mol. The minimum absolute atomic E-state index is 0.242. The van der Waals surface area contributed by atoms with Gasteiger partial charge < -0.3 is 9.80 Å². The molecule has 0 N–H and O–H groups in total. The maximum Gasteiger partial charge on any atom is 0.226 e. The summed E-state index contributed by atoms with van der Waals surface area (Å²) in [5.41, 5.74) is 0. The van der Waals surface area contributed by atoms with Crippen LogP contribution in [0.2, 0.25) is 0 Å². The Bertz CT molecular complexity index is 508. The molecule has 2 saturated heterocycles. The van der Waals surface area contributed by atoms with E-state index in [1.165, 1.54) is 45.1 Å². The van der Waals surface area contributed by atoms with Gasteiger partial charge in [0.05, 0.1) is 5.92 Å². The summed E-state index contributed by atoms with van der Waals surface area (Å²) < 4.78 is 2.01. The van der Waals surface area contributed by atoms with E-state index in [1.54, 1.807) is 0 Å². The van der Waals surface area contributed by atoms with Crippen molar-refractivity contribution in [1.82, 2.24) is 19.6 Å². The Morgan fingerprint density at radius 2 is 1.88 bits per heavy atom. The fourth-order valence-electron chi connectivity index (χ4n) is 4.17. The molecule has 3 rings (SSSR count). The molecule has 3 heterocycles. The molecule has 2 aliphatic rings. The van der Waals surface area contributed by atoms with Crippen LogP contribution in [-0.2, 0) is 11.3 Å². The lowest BCUT2D eigenvalue weighted by Crippen LogP contribution is -2.47. The van der Waals surface area contributed by atoms with Crippen molar-refractivity contribution >= 4 is 5.91 Å². The average Bonchev–Trinajstić information content (AvgIpc) is 3.15. The third-order valence-corrected chi connectivity index (χ3v) is 5.87. The standard InChI is InChI=1S/C20H34N4O/c1-18-8-15-23(16-9-18)20(25)19-7-5-12-22(17-19)11-3-2-4-13-24-14-6-10-21-24/h6,10,14,18-19H,2-5,7-9,11-13,15-17H2,1H3. The maximum atomic E-state index is 12.8. The van der Waals surface area contributed by atoms with E-state index in [1.807, 2.05) is 23.1 Å². The van der Waals surface area contributed by atoms with Crippen LogP contribution >= 0.6 is 0 Å². The molecule has 0 aromatic carbocycles. The highest BCUT2D eigenvalue weighted by Gasteiger charge is 2.30. The Balaban J connectivity index is 1.34. The van der Waals surface area contributed by atoms with E-state index in [9.17, 15) is 4.79 Å². The van der Waals surface area contributed by atoms with Gasteiger partial charge in [-0.2, -0.15) is 5.10 Å². The first-order valence-electron chi connectivity index (χ1n) is 10.2. The zero-order chi connectivity index (χ0) is 17.5. The molecule has 0 aliphatic carbocycles. The van der Waals surface area contributed by atoms with Crippen LogP contribution in [0.1, 0.15) is 51.9 Å². The molecule has 0 spiro atoms. The molecule has 140 valence electrons. The zero-order valence-electron chi connectivity index (χ0n) is 15.8. The first-order valence-corrected chi connectivity index (χ1v) is 10.2. The predicted octanol–water partition coefficient (Wildman–Crippen LogP) is 3.02. The Labute approximate surface area is 152 Å². The summed E-state index contributed by atoms with van der Waals surface area (Å²) in [6.07, 6.45) is 12.1. The van der Waals surface area contributed by atoms with Crippen LogP contribution in [0.3, 0.4) is 0 Å². The van der Waals surface area contributed by atoms with Gasteiger partial charge in [-0.15, -0.1) is 0 Å². The lowest BCUT2D eigenvalue weighted by atomic mass is 9.93. The quantitative estimate of drug-likeness (QED) is 0.713. The number of carbonyl (C=O) groups excluding carboxylic acids is 1. The number of aryl methyl sites for hydroxylation is 1. The van der Waals surface area contributed by atoms with Crippen molar-refractivity contribution in [2.45, 2.75) is 58.4 Å². The number of nitrogens with zero attached hydrogens (tertiary/aromatic N) is 4. The van der Waals surface area contributed by atoms with Gasteiger partial charge in [-0.3, -0.25) is 9.48 Å². The van der Waals surface area contributed by atoms with Gasteiger partial charge in [-0.1, -0.05) is 13.3 Å². The Morgan fingerprint density at radius 3 is 2.64 bits per heavy atom. The van der Waals surface area contributed by atoms with Crippen LogP contribution in [0, 0.1) is 11.8 Å². The topological polar surface area (TPSA) is 41.4 Å². The van der Waals surface area contributed by atoms with Gasteiger partial charge in [0, 0.05) is 38.6 Å². The third-order valence-electron chi connectivity index (χ3n) is 5.87. The van der Waals surface area contributed by atoms with Crippen LogP contribution in [0.15, 0.2) is 18.5 Å². The molecular formula is C20H34N4O. The molecule has 1 atom stereocenters. The van der Waals surface area contributed by atoms with Gasteiger partial charge >= 0.3 is 0 Å². The highest BCUT2D eigenvalue weighted by molar-refractivity contribution is 5.79. The van der Waals surface area contributed by atoms with E-state index < -0.39 is 0 Å². The summed E-state index contributed by atoms with van der Waals surface area (Å²) in [4.78, 5) is 17.5. The smallest absolute Gasteiger partial charge is 0.226 e. The van der Waals surface area contributed by atoms with Crippen molar-refractivity contribution in [2.75, 3.05) is 32.7 Å². The molecule has 1 aromatic rings. The Hall–Kier alpha value is -1.36. The normalized spacial score (nSPS) is 23.1. The molecule has 1 aromatic heterocycles. The summed E-state index contributed by atoms with van der Waals surface area (Å²) in [6, 6.07) is 1.98. The summed E-state index contributed by atoms with van der Waals surface area (Å²) in [5, 5.41) is 4.25. The Morgan fingerprint density at radius 1 is 1.08 bits per heavy atom. The van der Waals surface area contributed by atoms with Gasteiger partial charge in [-0.05, 0) is 63.6 Å². The summed E-state index contributed by atoms with van der Waals surface area (Å²) in [7, 11) is 0. The SMILES string of the molecule is CC1CCN(C(=O)C2CCCN(CCCCCn3cccn3)C2)CC1. The number of piperidine rings is 2. The second-order valence-electron chi connectivity index (χ2n) is 7.98. The number of aromatic nitrogens is 2. The molecule has 2 aliphatic heterocycles. The molecule has 0 saturated carbocycles. The van der Waals surface area contributed by atoms with Crippen molar-refractivity contribution in [2.24, 2.45) is 11.8 Å². The molecule has 2 fully saturated rings. The van der Waals surface area contributed by atoms with Crippen molar-refractivity contribution in [1.29, 1.82) is 0 Å². The van der Waals surface area contributed by atoms with E-state index >= 15 is 0 Å². The van der Waals surface area contributed by atoms with Gasteiger partial charge in [0.25, 0.3) is 0 Å². The lowest BCUT2D eigenvalue weighted by Gasteiger charge is -2.37. The van der Waals surface area contributed by atoms with E-state index in [4.69, 9.17) is 0 Å². The van der Waals surface area contributed by atoms with Crippen molar-refractivity contribution in [3.63, 3.8) is 0 Å². The van der Waals surface area contributed by atoms with Gasteiger partial charge in [0.15, 0.2) is 0 Å². The number of unbranched alkanes of at least 4 members (excludes halogenated alkanes) is 2. The fraction of sp³-hybridized carbons (Fsp3) is 0.800. The van der Waals surface area contributed by atoms with E-state index in [-0.39, 0.29) is 5.92 Å². The van der Waals surface area contributed by atoms with Crippen LogP contribution in [0.25, 0.3) is 0 Å². The van der Waals surface area contributed by atoms with Crippen LogP contribution < -0.4 is 0 Å². The number of likely N-dealkylation sites (tertiary alicyclic amines) is 2. The fourth-order valence-corrected chi connectivity index (χ4v) is 4.17. The molecule has 1 unspecified atom stereocenters. The average molecular weight is 347 g/mol.